The average molecular weight is 1490 g/mol. The van der Waals surface area contributed by atoms with E-state index in [-0.39, 0.29) is 122 Å². The predicted octanol–water partition coefficient (Wildman–Crippen LogP) is 7.92. The zero-order valence-electron chi connectivity index (χ0n) is 48.5. The molecule has 0 spiro atoms. The number of azo groups is 3. The summed E-state index contributed by atoms with van der Waals surface area (Å²) in [6.45, 7) is 2.54. The number of non-ortho nitro benzene ring substituents is 1. The number of hydrogen-bond acceptors (Lipinski definition) is 33. The monoisotopic (exact) mass is 1490 g/mol. The summed E-state index contributed by atoms with van der Waals surface area (Å²) in [7, 11) is -29.3. The smallest absolute Gasteiger partial charge is 0.425 e. The van der Waals surface area contributed by atoms with E-state index in [0.717, 1.165) is 47.8 Å². The van der Waals surface area contributed by atoms with Crippen LogP contribution in [0, 0.1) is 24.0 Å². The van der Waals surface area contributed by atoms with Gasteiger partial charge in [-0.25, -0.2) is 0 Å². The highest BCUT2D eigenvalue weighted by molar-refractivity contribution is 7.99. The van der Waals surface area contributed by atoms with Crippen LogP contribution in [-0.2, 0) is 71.3 Å². The molecule has 0 atom stereocenters. The Morgan fingerprint density at radius 2 is 1.07 bits per heavy atom. The number of aromatic nitrogens is 3. The van der Waals surface area contributed by atoms with Gasteiger partial charge in [0.25, 0.3) is 66.4 Å². The number of benzene rings is 5. The molecule has 1 aromatic heterocycles. The van der Waals surface area contributed by atoms with E-state index in [1.807, 2.05) is 0 Å². The van der Waals surface area contributed by atoms with E-state index in [9.17, 15) is 87.9 Å². The molecule has 510 valence electrons. The highest BCUT2D eigenvalue weighted by atomic mass is 32.2. The number of nitro benzene ring substituents is 1. The number of nitrogen functional groups attached to an aromatic ring is 1. The summed E-state index contributed by atoms with van der Waals surface area (Å²) in [6.07, 6.45) is -0.348. The Morgan fingerprint density at radius 1 is 0.585 bits per heavy atom. The number of nitrogens with one attached hydrogen (secondary N) is 2. The molecule has 1 heterocycles. The average Bonchev–Trinajstić information content (AvgIpc) is 0.815. The molecule has 0 aliphatic carbocycles. The van der Waals surface area contributed by atoms with Gasteiger partial charge in [0.15, 0.2) is 0 Å². The van der Waals surface area contributed by atoms with Gasteiger partial charge in [0.1, 0.15) is 27.7 Å². The number of hydrogen-bond donors (Lipinski definition) is 9. The molecule has 10 N–H and O–H groups in total. The number of nitrogens with two attached hydrogens (primary N) is 1. The molecule has 6 rings (SSSR count). The van der Waals surface area contributed by atoms with Gasteiger partial charge in [-0.2, -0.15) is 75.7 Å². The van der Waals surface area contributed by atoms with Gasteiger partial charge in [0.2, 0.25) is 17.8 Å². The van der Waals surface area contributed by atoms with Crippen LogP contribution >= 0.6 is 23.5 Å². The molecule has 0 amide bonds. The summed E-state index contributed by atoms with van der Waals surface area (Å²) in [5.41, 5.74) is 5.94. The Labute approximate surface area is 546 Å². The van der Waals surface area contributed by atoms with Crippen molar-refractivity contribution in [3.63, 3.8) is 0 Å². The standard InChI is InChI=1S/C47H54N14O21S8.O3S/c1-28-20-33(48)41(82-13-5-16-85(64,65)66)25-35(28)55-59-40-24-37(50-46-51-45(49-30-8-4-9-32(22-30)89(76,77)78)52-47(53-46)60(3)12-19-88(73,74)75)38(27-43(40)84-15-7-18-87(70,71)72)57-58-39-21-29(2)36(26-42(39)83-14-6-17-86(67,68)69)56-54-34-11-10-31(61(62)63)23-44(34)90(79,80)81;1-4(2)3/h4,8-11,20-27H,5-7,12-19,48H2,1-3H3,(H,64,65,66)(H,67,68,69)(H,70,71,72)(H,73,74,75)(H,76,77,78)(H,79,80,81)(H2,49,50,51,52,53);. The third-order valence-electron chi connectivity index (χ3n) is 11.6. The van der Waals surface area contributed by atoms with E-state index in [1.54, 1.807) is 6.92 Å². The molecule has 5 aromatic carbocycles. The quantitative estimate of drug-likeness (QED) is 0.00368. The van der Waals surface area contributed by atoms with Crippen molar-refractivity contribution in [2.24, 2.45) is 30.7 Å². The maximum Gasteiger partial charge on any atom is 0.425 e. The number of nitro groups is 1. The third kappa shape index (κ3) is 26.5. The maximum atomic E-state index is 12.3. The molecule has 6 aromatic rings. The maximum absolute atomic E-state index is 12.3. The molecule has 0 fully saturated rings. The molecule has 0 unspecified atom stereocenters. The van der Waals surface area contributed by atoms with Gasteiger partial charge in [-0.1, -0.05) is 6.07 Å². The van der Waals surface area contributed by atoms with Crippen LogP contribution in [0.3, 0.4) is 0 Å². The van der Waals surface area contributed by atoms with Crippen LogP contribution in [0.1, 0.15) is 30.4 Å². The highest BCUT2D eigenvalue weighted by Crippen LogP contribution is 2.44. The molecule has 38 nitrogen and oxygen atoms in total. The zero-order valence-corrected chi connectivity index (χ0v) is 55.8. The first kappa shape index (κ1) is 76.8. The van der Waals surface area contributed by atoms with E-state index < -0.39 is 127 Å². The first-order valence-corrected chi connectivity index (χ1v) is 38.1. The van der Waals surface area contributed by atoms with E-state index in [4.69, 9.17) is 23.1 Å². The van der Waals surface area contributed by atoms with Gasteiger partial charge < -0.3 is 26.0 Å². The second kappa shape index (κ2) is 33.0. The van der Waals surface area contributed by atoms with Crippen molar-refractivity contribution in [3.05, 3.63) is 100 Å². The van der Waals surface area contributed by atoms with E-state index in [2.05, 4.69) is 56.3 Å². The lowest BCUT2D eigenvalue weighted by Crippen LogP contribution is -2.27. The van der Waals surface area contributed by atoms with Crippen LogP contribution in [0.15, 0.2) is 129 Å². The van der Waals surface area contributed by atoms with Crippen molar-refractivity contribution in [3.8, 4) is 5.75 Å². The van der Waals surface area contributed by atoms with Crippen molar-refractivity contribution in [2.75, 3.05) is 76.0 Å². The van der Waals surface area contributed by atoms with Gasteiger partial charge in [-0.05, 0) is 110 Å². The lowest BCUT2D eigenvalue weighted by Gasteiger charge is -2.19. The van der Waals surface area contributed by atoms with Crippen LogP contribution in [0.5, 0.6) is 5.75 Å². The molecular weight excluding hydrogens is 1430 g/mol. The van der Waals surface area contributed by atoms with Gasteiger partial charge >= 0.3 is 10.6 Å². The van der Waals surface area contributed by atoms with Crippen LogP contribution < -0.4 is 26.0 Å². The summed E-state index contributed by atoms with van der Waals surface area (Å²) in [4.78, 5) is 23.9. The number of ether oxygens (including phenoxy) is 1. The van der Waals surface area contributed by atoms with Crippen molar-refractivity contribution < 1.29 is 100 Å². The SMILES string of the molecule is Cc1cc(N)c(OCCCS(=O)(=O)O)cc1N=Nc1cc(Nc2nc(Nc3cccc(S(=O)(=O)O)c3)nc(N(C)CCS(=O)(=O)O)n2)c(N=Nc2cc(C)c(N=Nc3ccc([N+](=O)[O-])cc3S(=O)(=O)O)cc2SCCCS(=O)(=O)O)cc1SCCCS(=O)(=O)O.O=S(=O)=O. The van der Waals surface area contributed by atoms with E-state index >= 15 is 0 Å². The Kier molecular flexibility index (Phi) is 26.9. The number of rotatable bonds is 32. The first-order chi connectivity index (χ1) is 43.5. The van der Waals surface area contributed by atoms with E-state index in [0.29, 0.717) is 11.6 Å². The number of aryl methyl sites for hydroxylation is 2. The summed E-state index contributed by atoms with van der Waals surface area (Å²) in [6, 6.07) is 15.7. The molecule has 0 saturated heterocycles. The fourth-order valence-electron chi connectivity index (χ4n) is 7.31. The minimum absolute atomic E-state index is 0.0000769. The molecular formula is C47H54N14O24S9. The second-order valence-electron chi connectivity index (χ2n) is 19.0. The lowest BCUT2D eigenvalue weighted by atomic mass is 10.1. The van der Waals surface area contributed by atoms with Gasteiger partial charge in [-0.3, -0.25) is 37.4 Å². The predicted molar refractivity (Wildman–Crippen MR) is 341 cm³/mol. The van der Waals surface area contributed by atoms with Crippen LogP contribution in [-0.4, -0.2) is 165 Å². The number of thioether (sulfide) groups is 2. The Bertz CT molecular complexity index is 4760. The lowest BCUT2D eigenvalue weighted by molar-refractivity contribution is -0.385. The highest BCUT2D eigenvalue weighted by Gasteiger charge is 2.23. The minimum atomic E-state index is -5.10. The minimum Gasteiger partial charge on any atom is -0.491 e. The molecule has 0 aliphatic rings. The summed E-state index contributed by atoms with van der Waals surface area (Å²) in [5.74, 6) is -3.65. The van der Waals surface area contributed by atoms with E-state index in [1.165, 1.54) is 67.4 Å². The Hall–Kier alpha value is -7.91. The molecule has 0 radical (unpaired) electrons. The zero-order chi connectivity index (χ0) is 70.1. The van der Waals surface area contributed by atoms with Crippen LogP contribution in [0.25, 0.3) is 0 Å². The van der Waals surface area contributed by atoms with Gasteiger partial charge in [0, 0.05) is 47.3 Å². The van der Waals surface area contributed by atoms with Crippen molar-refractivity contribution in [1.82, 2.24) is 15.0 Å². The second-order valence-corrected chi connectivity index (χ2v) is 30.8. The van der Waals surface area contributed by atoms with Crippen molar-refractivity contribution in [1.29, 1.82) is 0 Å². The van der Waals surface area contributed by atoms with Gasteiger partial charge in [0.05, 0.1) is 67.9 Å². The third-order valence-corrected chi connectivity index (χ3v) is 18.7. The molecule has 94 heavy (non-hydrogen) atoms. The largest absolute Gasteiger partial charge is 0.491 e. The van der Waals surface area contributed by atoms with Gasteiger partial charge in [-0.15, -0.1) is 56.6 Å². The van der Waals surface area contributed by atoms with Crippen LogP contribution in [0.2, 0.25) is 0 Å². The Balaban J connectivity index is 0.00000388. The molecule has 0 bridgehead atoms. The molecule has 0 saturated carbocycles. The summed E-state index contributed by atoms with van der Waals surface area (Å²) < 4.78 is 231. The fraction of sp³-hybridized carbons (Fsp3) is 0.298. The fourth-order valence-corrected chi connectivity index (χ4v) is 12.8. The topological polar surface area (TPSA) is 596 Å². The van der Waals surface area contributed by atoms with Crippen molar-refractivity contribution >= 4 is 170 Å². The van der Waals surface area contributed by atoms with Crippen LogP contribution in [0.4, 0.5) is 74.7 Å². The summed E-state index contributed by atoms with van der Waals surface area (Å²) in [5, 5.41) is 43.4. The number of nitrogens with zero attached hydrogens (tertiary/aromatic N) is 11. The molecule has 0 aliphatic heterocycles. The Morgan fingerprint density at radius 3 is 1.62 bits per heavy atom. The molecule has 47 heteroatoms. The first-order valence-electron chi connectivity index (χ1n) is 25.8. The summed E-state index contributed by atoms with van der Waals surface area (Å²) >= 11 is 1.99. The number of anilines is 6. The van der Waals surface area contributed by atoms with Crippen molar-refractivity contribution in [2.45, 2.75) is 52.7 Å². The normalized spacial score (nSPS) is 12.4.